The molecule has 0 unspecified atom stereocenters. The Morgan fingerprint density at radius 2 is 1.79 bits per heavy atom. The molecule has 42 heavy (non-hydrogen) atoms. The van der Waals surface area contributed by atoms with Crippen LogP contribution in [0.3, 0.4) is 0 Å². The van der Waals surface area contributed by atoms with Crippen molar-refractivity contribution >= 4 is 50.3 Å². The second-order valence-corrected chi connectivity index (χ2v) is 13.2. The first-order chi connectivity index (χ1) is 20.3. The number of nitrogens with one attached hydrogen (secondary N) is 1. The van der Waals surface area contributed by atoms with E-state index in [1.165, 1.54) is 28.9 Å². The van der Waals surface area contributed by atoms with Crippen LogP contribution < -0.4 is 14.2 Å². The first-order valence-corrected chi connectivity index (χ1v) is 16.4. The van der Waals surface area contributed by atoms with Crippen molar-refractivity contribution in [3.05, 3.63) is 123 Å². The third-order valence-corrected chi connectivity index (χ3v) is 9.76. The van der Waals surface area contributed by atoms with E-state index < -0.39 is 10.1 Å². The third-order valence-electron chi connectivity index (χ3n) is 7.72. The smallest absolute Gasteiger partial charge is 0.339 e. The Bertz CT molecular complexity index is 1770. The molecule has 4 aromatic rings. The molecule has 1 aliphatic carbocycles. The molecule has 0 spiro atoms. The molecule has 1 heterocycles. The van der Waals surface area contributed by atoms with Crippen LogP contribution in [0.1, 0.15) is 47.6 Å². The van der Waals surface area contributed by atoms with Gasteiger partial charge in [-0.15, -0.1) is 0 Å². The Morgan fingerprint density at radius 3 is 2.55 bits per heavy atom. The van der Waals surface area contributed by atoms with Crippen molar-refractivity contribution in [3.63, 3.8) is 0 Å². The predicted molar refractivity (Wildman–Crippen MR) is 176 cm³/mol. The highest BCUT2D eigenvalue weighted by molar-refractivity contribution is 14.1. The summed E-state index contributed by atoms with van der Waals surface area (Å²) in [6, 6.07) is 27.3. The van der Waals surface area contributed by atoms with Gasteiger partial charge in [-0.2, -0.15) is 8.42 Å². The number of hydrogen-bond donors (Lipinski definition) is 1. The van der Waals surface area contributed by atoms with Crippen molar-refractivity contribution < 1.29 is 17.3 Å². The van der Waals surface area contributed by atoms with Crippen LogP contribution >= 0.6 is 22.6 Å². The highest BCUT2D eigenvalue weighted by Crippen LogP contribution is 2.49. The third kappa shape index (κ3) is 5.83. The minimum atomic E-state index is -4.02. The summed E-state index contributed by atoms with van der Waals surface area (Å²) in [7, 11) is -4.02. The summed E-state index contributed by atoms with van der Waals surface area (Å²) in [5.41, 5.74) is 6.39. The highest BCUT2D eigenvalue weighted by atomic mass is 127. The monoisotopic (exact) mass is 690 g/mol. The van der Waals surface area contributed by atoms with Gasteiger partial charge in [0.25, 0.3) is 0 Å². The number of nitrogens with zero attached hydrogens (tertiary/aromatic N) is 1. The zero-order valence-corrected chi connectivity index (χ0v) is 26.3. The second kappa shape index (κ2) is 11.9. The standard InChI is InChI=1S/C34H31IN2O4S/c1-3-40-32-20-23(19-30(35)34(32)41-42(38,39)26-17-11-22(2)12-18-26)21-36-25-15-13-24(14-16-25)33-29-9-6-8-27(29)28-7-4-5-10-31(28)37-33/h4-8,10-21,27,29,33,37H,3,9H2,1-2H3/t27-,29+,33+/m1/s1. The van der Waals surface area contributed by atoms with E-state index in [4.69, 9.17) is 13.9 Å². The van der Waals surface area contributed by atoms with E-state index in [0.29, 0.717) is 27.8 Å². The fourth-order valence-corrected chi connectivity index (χ4v) is 7.50. The molecule has 0 bridgehead atoms. The van der Waals surface area contributed by atoms with Gasteiger partial charge in [-0.1, -0.05) is 60.2 Å². The lowest BCUT2D eigenvalue weighted by Gasteiger charge is -2.37. The molecule has 1 aliphatic heterocycles. The molecule has 0 saturated carbocycles. The number of anilines is 1. The molecule has 8 heteroatoms. The number of benzene rings is 4. The van der Waals surface area contributed by atoms with E-state index in [0.717, 1.165) is 23.2 Å². The normalized spacial score (nSPS) is 19.3. The number of rotatable bonds is 8. The predicted octanol–water partition coefficient (Wildman–Crippen LogP) is 8.34. The molecule has 3 atom stereocenters. The van der Waals surface area contributed by atoms with Gasteiger partial charge >= 0.3 is 10.1 Å². The largest absolute Gasteiger partial charge is 0.490 e. The molecule has 0 saturated heterocycles. The average Bonchev–Trinajstić information content (AvgIpc) is 3.49. The number of ether oxygens (including phenoxy) is 1. The fraction of sp³-hybridized carbons (Fsp3) is 0.206. The first kappa shape index (κ1) is 28.5. The lowest BCUT2D eigenvalue weighted by Crippen LogP contribution is -2.28. The number of hydrogen-bond acceptors (Lipinski definition) is 6. The van der Waals surface area contributed by atoms with Crippen LogP contribution in [0.5, 0.6) is 11.5 Å². The summed E-state index contributed by atoms with van der Waals surface area (Å²) in [5.74, 6) is 1.44. The van der Waals surface area contributed by atoms with Crippen LogP contribution in [0.2, 0.25) is 0 Å². The van der Waals surface area contributed by atoms with Crippen molar-refractivity contribution in [2.24, 2.45) is 10.9 Å². The number of allylic oxidation sites excluding steroid dienone is 2. The lowest BCUT2D eigenvalue weighted by molar-refractivity contribution is 0.327. The number of aryl methyl sites for hydroxylation is 1. The lowest BCUT2D eigenvalue weighted by atomic mass is 9.77. The van der Waals surface area contributed by atoms with Gasteiger partial charge in [0.05, 0.1) is 21.9 Å². The number of fused-ring (bicyclic) bond motifs is 3. The number of halogens is 1. The zero-order chi connectivity index (χ0) is 29.3. The minimum Gasteiger partial charge on any atom is -0.490 e. The molecular weight excluding hydrogens is 659 g/mol. The average molecular weight is 691 g/mol. The molecule has 1 N–H and O–H groups in total. The fourth-order valence-electron chi connectivity index (χ4n) is 5.66. The van der Waals surface area contributed by atoms with Crippen LogP contribution in [0.4, 0.5) is 11.4 Å². The van der Waals surface area contributed by atoms with Gasteiger partial charge in [0.1, 0.15) is 4.90 Å². The van der Waals surface area contributed by atoms with Crippen molar-refractivity contribution in [3.8, 4) is 11.5 Å². The minimum absolute atomic E-state index is 0.0905. The van der Waals surface area contributed by atoms with Gasteiger partial charge in [0.15, 0.2) is 11.5 Å². The second-order valence-electron chi connectivity index (χ2n) is 10.5. The molecule has 0 amide bonds. The highest BCUT2D eigenvalue weighted by Gasteiger charge is 2.37. The number of para-hydroxylation sites is 1. The quantitative estimate of drug-likeness (QED) is 0.0871. The summed E-state index contributed by atoms with van der Waals surface area (Å²) < 4.78 is 37.9. The summed E-state index contributed by atoms with van der Waals surface area (Å²) in [4.78, 5) is 4.78. The molecule has 0 aromatic heterocycles. The first-order valence-electron chi connectivity index (χ1n) is 14.0. The van der Waals surface area contributed by atoms with Crippen molar-refractivity contribution in [2.45, 2.75) is 37.1 Å². The topological polar surface area (TPSA) is 77.0 Å². The van der Waals surface area contributed by atoms with Crippen LogP contribution in [0, 0.1) is 16.4 Å². The molecule has 4 aromatic carbocycles. The SMILES string of the molecule is CCOc1cc(C=Nc2ccc([C@@H]3Nc4ccccc4[C@H]4C=CC[C@@H]43)cc2)cc(I)c1OS(=O)(=O)c1ccc(C)cc1. The summed E-state index contributed by atoms with van der Waals surface area (Å²) in [6.45, 7) is 4.10. The van der Waals surface area contributed by atoms with Crippen molar-refractivity contribution in [1.82, 2.24) is 0 Å². The molecular formula is C34H31IN2O4S. The molecule has 2 aliphatic rings. The molecule has 0 radical (unpaired) electrons. The Hall–Kier alpha value is -3.63. The molecule has 6 nitrogen and oxygen atoms in total. The van der Waals surface area contributed by atoms with Gasteiger partial charge in [-0.25, -0.2) is 0 Å². The Balaban J connectivity index is 1.21. The molecule has 6 rings (SSSR count). The Morgan fingerprint density at radius 1 is 1.02 bits per heavy atom. The summed E-state index contributed by atoms with van der Waals surface area (Å²) in [5, 5.41) is 3.77. The van der Waals surface area contributed by atoms with Gasteiger partial charge in [-0.05, 0) is 108 Å². The van der Waals surface area contributed by atoms with E-state index in [2.05, 4.69) is 76.5 Å². The van der Waals surface area contributed by atoms with E-state index in [-0.39, 0.29) is 16.7 Å². The maximum atomic E-state index is 13.0. The van der Waals surface area contributed by atoms with Crippen LogP contribution in [-0.4, -0.2) is 21.2 Å². The zero-order valence-electron chi connectivity index (χ0n) is 23.3. The molecule has 0 fully saturated rings. The van der Waals surface area contributed by atoms with Gasteiger partial charge in [-0.3, -0.25) is 4.99 Å². The summed E-state index contributed by atoms with van der Waals surface area (Å²) >= 11 is 2.07. The number of aliphatic imine (C=N–C) groups is 1. The van der Waals surface area contributed by atoms with Gasteiger partial charge in [0.2, 0.25) is 0 Å². The Labute approximate surface area is 260 Å². The van der Waals surface area contributed by atoms with Crippen molar-refractivity contribution in [2.75, 3.05) is 11.9 Å². The van der Waals surface area contributed by atoms with Crippen molar-refractivity contribution in [1.29, 1.82) is 0 Å². The Kier molecular flexibility index (Phi) is 8.09. The van der Waals surface area contributed by atoms with Crippen LogP contribution in [-0.2, 0) is 10.1 Å². The van der Waals surface area contributed by atoms with E-state index in [1.54, 1.807) is 24.4 Å². The summed E-state index contributed by atoms with van der Waals surface area (Å²) in [6.07, 6.45) is 7.46. The van der Waals surface area contributed by atoms with Gasteiger partial charge < -0.3 is 14.2 Å². The van der Waals surface area contributed by atoms with Crippen LogP contribution in [0.25, 0.3) is 0 Å². The maximum absolute atomic E-state index is 13.0. The van der Waals surface area contributed by atoms with Gasteiger partial charge in [0, 0.05) is 17.8 Å². The van der Waals surface area contributed by atoms with E-state index >= 15 is 0 Å². The van der Waals surface area contributed by atoms with E-state index in [1.807, 2.05) is 32.0 Å². The van der Waals surface area contributed by atoms with E-state index in [9.17, 15) is 8.42 Å². The maximum Gasteiger partial charge on any atom is 0.339 e. The molecule has 214 valence electrons. The van der Waals surface area contributed by atoms with Crippen LogP contribution in [0.15, 0.2) is 107 Å².